The Bertz CT molecular complexity index is 877. The minimum Gasteiger partial charge on any atom is -0.297 e. The molecule has 8 heteroatoms. The van der Waals surface area contributed by atoms with Gasteiger partial charge in [-0.25, -0.2) is 12.7 Å². The molecule has 0 aliphatic carbocycles. The molecule has 1 saturated heterocycles. The van der Waals surface area contributed by atoms with E-state index in [9.17, 15) is 8.42 Å². The van der Waals surface area contributed by atoms with Crippen molar-refractivity contribution in [3.63, 3.8) is 0 Å². The molecule has 140 valence electrons. The highest BCUT2D eigenvalue weighted by atomic mass is 35.5. The lowest BCUT2D eigenvalue weighted by Crippen LogP contribution is -2.40. The van der Waals surface area contributed by atoms with Gasteiger partial charge in [-0.2, -0.15) is 5.06 Å². The number of rotatable bonds is 5. The first-order valence-corrected chi connectivity index (χ1v) is 10.4. The third kappa shape index (κ3) is 3.91. The highest BCUT2D eigenvalue weighted by Crippen LogP contribution is 2.37. The van der Waals surface area contributed by atoms with Crippen molar-refractivity contribution >= 4 is 33.2 Å². The zero-order valence-electron chi connectivity index (χ0n) is 14.5. The molecule has 1 aliphatic rings. The minimum absolute atomic E-state index is 0.0862. The van der Waals surface area contributed by atoms with Gasteiger partial charge in [-0.15, -0.1) is 0 Å². The lowest BCUT2D eigenvalue weighted by Gasteiger charge is -2.27. The Labute approximate surface area is 164 Å². The normalized spacial score (nSPS) is 21.4. The summed E-state index contributed by atoms with van der Waals surface area (Å²) in [6.45, 7) is 0.389. The van der Waals surface area contributed by atoms with Crippen molar-refractivity contribution in [2.75, 3.05) is 20.7 Å². The molecule has 2 aromatic rings. The molecule has 0 aromatic heterocycles. The Morgan fingerprint density at radius 1 is 1.15 bits per heavy atom. The van der Waals surface area contributed by atoms with Crippen LogP contribution >= 0.6 is 23.2 Å². The van der Waals surface area contributed by atoms with Crippen molar-refractivity contribution in [3.05, 3.63) is 69.7 Å². The van der Waals surface area contributed by atoms with E-state index >= 15 is 0 Å². The fourth-order valence-electron chi connectivity index (χ4n) is 3.13. The van der Waals surface area contributed by atoms with Crippen molar-refractivity contribution in [2.24, 2.45) is 0 Å². The first kappa shape index (κ1) is 19.6. The second-order valence-corrected chi connectivity index (χ2v) is 9.36. The Kier molecular flexibility index (Phi) is 5.91. The van der Waals surface area contributed by atoms with Crippen molar-refractivity contribution in [2.45, 2.75) is 17.8 Å². The molecule has 1 aliphatic heterocycles. The fourth-order valence-corrected chi connectivity index (χ4v) is 5.11. The highest BCUT2D eigenvalue weighted by molar-refractivity contribution is 7.89. The smallest absolute Gasteiger partial charge is 0.221 e. The average molecular weight is 415 g/mol. The largest absolute Gasteiger partial charge is 0.297 e. The summed E-state index contributed by atoms with van der Waals surface area (Å²) in [5, 5.41) is 1.65. The van der Waals surface area contributed by atoms with Crippen molar-refractivity contribution < 1.29 is 13.3 Å². The van der Waals surface area contributed by atoms with Crippen LogP contribution in [0.4, 0.5) is 0 Å². The third-order valence-electron chi connectivity index (χ3n) is 4.54. The third-order valence-corrected chi connectivity index (χ3v) is 7.43. The number of hydrogen-bond donors (Lipinski definition) is 0. The van der Waals surface area contributed by atoms with Gasteiger partial charge in [0.15, 0.2) is 0 Å². The molecule has 5 nitrogen and oxygen atoms in total. The molecule has 3 rings (SSSR count). The van der Waals surface area contributed by atoms with E-state index in [1.54, 1.807) is 37.4 Å². The number of nitrogens with zero attached hydrogens (tertiary/aromatic N) is 2. The zero-order valence-corrected chi connectivity index (χ0v) is 16.8. The molecule has 0 saturated carbocycles. The maximum atomic E-state index is 13.2. The summed E-state index contributed by atoms with van der Waals surface area (Å²) in [5.74, 6) is 0. The minimum atomic E-state index is -3.60. The molecule has 2 unspecified atom stereocenters. The van der Waals surface area contributed by atoms with E-state index in [1.807, 2.05) is 30.3 Å². The van der Waals surface area contributed by atoms with E-state index in [4.69, 9.17) is 28.0 Å². The molecule has 0 bridgehead atoms. The van der Waals surface area contributed by atoms with Crippen LogP contribution in [0.25, 0.3) is 0 Å². The Hall–Kier alpha value is -1.15. The van der Waals surface area contributed by atoms with Gasteiger partial charge in [-0.1, -0.05) is 59.6 Å². The summed E-state index contributed by atoms with van der Waals surface area (Å²) in [6.07, 6.45) is 0. The standard InChI is InChI=1S/C18H20Cl2N2O3S/c1-21(11-13-6-4-3-5-7-13)26(23,24)17-12-25-22(2)18(17)14-8-9-15(19)16(20)10-14/h3-10,17-18H,11-12H2,1-2H3. The summed E-state index contributed by atoms with van der Waals surface area (Å²) in [4.78, 5) is 5.54. The molecule has 2 atom stereocenters. The Morgan fingerprint density at radius 3 is 2.50 bits per heavy atom. The molecule has 0 spiro atoms. The first-order valence-electron chi connectivity index (χ1n) is 8.10. The number of halogens is 2. The summed E-state index contributed by atoms with van der Waals surface area (Å²) in [5.41, 5.74) is 1.68. The maximum Gasteiger partial charge on any atom is 0.221 e. The predicted molar refractivity (Wildman–Crippen MR) is 104 cm³/mol. The number of benzene rings is 2. The van der Waals surface area contributed by atoms with Crippen molar-refractivity contribution in [3.8, 4) is 0 Å². The van der Waals surface area contributed by atoms with Crippen LogP contribution in [-0.4, -0.2) is 43.7 Å². The van der Waals surface area contributed by atoms with Gasteiger partial charge in [0.2, 0.25) is 10.0 Å². The van der Waals surface area contributed by atoms with Crippen LogP contribution in [0.5, 0.6) is 0 Å². The van der Waals surface area contributed by atoms with Gasteiger partial charge in [-0.3, -0.25) is 4.84 Å². The van der Waals surface area contributed by atoms with Crippen LogP contribution in [0.3, 0.4) is 0 Å². The second kappa shape index (κ2) is 7.84. The summed E-state index contributed by atoms with van der Waals surface area (Å²) >= 11 is 12.1. The zero-order chi connectivity index (χ0) is 18.9. The second-order valence-electron chi connectivity index (χ2n) is 6.29. The van der Waals surface area contributed by atoms with Crippen LogP contribution in [0.1, 0.15) is 17.2 Å². The van der Waals surface area contributed by atoms with Crippen LogP contribution in [0, 0.1) is 0 Å². The van der Waals surface area contributed by atoms with Crippen LogP contribution in [0.15, 0.2) is 48.5 Å². The average Bonchev–Trinajstić information content (AvgIpc) is 3.00. The van der Waals surface area contributed by atoms with E-state index in [-0.39, 0.29) is 6.61 Å². The lowest BCUT2D eigenvalue weighted by atomic mass is 10.0. The molecule has 0 N–H and O–H groups in total. The molecular weight excluding hydrogens is 395 g/mol. The van der Waals surface area contributed by atoms with Crippen molar-refractivity contribution in [1.82, 2.24) is 9.37 Å². The first-order chi connectivity index (χ1) is 12.3. The van der Waals surface area contributed by atoms with E-state index in [0.29, 0.717) is 16.6 Å². The van der Waals surface area contributed by atoms with Crippen LogP contribution in [-0.2, 0) is 21.4 Å². The highest BCUT2D eigenvalue weighted by Gasteiger charge is 2.45. The maximum absolute atomic E-state index is 13.2. The Balaban J connectivity index is 1.88. The predicted octanol–water partition coefficient (Wildman–Crippen LogP) is 3.74. The quantitative estimate of drug-likeness (QED) is 0.747. The van der Waals surface area contributed by atoms with E-state index in [1.165, 1.54) is 4.31 Å². The van der Waals surface area contributed by atoms with Gasteiger partial charge >= 0.3 is 0 Å². The molecule has 0 radical (unpaired) electrons. The van der Waals surface area contributed by atoms with Gasteiger partial charge in [-0.05, 0) is 23.3 Å². The van der Waals surface area contributed by atoms with Gasteiger partial charge in [0.05, 0.1) is 22.7 Å². The summed E-state index contributed by atoms with van der Waals surface area (Å²) < 4.78 is 27.7. The summed E-state index contributed by atoms with van der Waals surface area (Å²) in [6, 6.07) is 14.2. The lowest BCUT2D eigenvalue weighted by molar-refractivity contribution is -0.110. The number of hydrogen-bond acceptors (Lipinski definition) is 4. The molecular formula is C18H20Cl2N2O3S. The van der Waals surface area contributed by atoms with Crippen molar-refractivity contribution in [1.29, 1.82) is 0 Å². The van der Waals surface area contributed by atoms with Gasteiger partial charge in [0, 0.05) is 20.6 Å². The molecule has 1 heterocycles. The van der Waals surface area contributed by atoms with E-state index < -0.39 is 21.3 Å². The topological polar surface area (TPSA) is 49.9 Å². The number of hydroxylamine groups is 2. The number of sulfonamides is 1. The summed E-state index contributed by atoms with van der Waals surface area (Å²) in [7, 11) is -0.288. The SMILES string of the molecule is CN1OCC(S(=O)(=O)N(C)Cc2ccccc2)C1c1ccc(Cl)c(Cl)c1. The fraction of sp³-hybridized carbons (Fsp3) is 0.333. The monoisotopic (exact) mass is 414 g/mol. The van der Waals surface area contributed by atoms with Gasteiger partial charge < -0.3 is 0 Å². The van der Waals surface area contributed by atoms with E-state index in [2.05, 4.69) is 0 Å². The van der Waals surface area contributed by atoms with Gasteiger partial charge in [0.25, 0.3) is 0 Å². The Morgan fingerprint density at radius 2 is 1.85 bits per heavy atom. The molecule has 1 fully saturated rings. The molecule has 0 amide bonds. The molecule has 2 aromatic carbocycles. The van der Waals surface area contributed by atoms with Crippen LogP contribution in [0.2, 0.25) is 10.0 Å². The molecule has 26 heavy (non-hydrogen) atoms. The van der Waals surface area contributed by atoms with E-state index in [0.717, 1.165) is 11.1 Å². The van der Waals surface area contributed by atoms with Gasteiger partial charge in [0.1, 0.15) is 5.25 Å². The van der Waals surface area contributed by atoms with Crippen LogP contribution < -0.4 is 0 Å².